The number of aromatic nitrogens is 6. The van der Waals surface area contributed by atoms with Gasteiger partial charge >= 0.3 is 0 Å². The minimum Gasteiger partial charge on any atom is -0.342 e. The Morgan fingerprint density at radius 3 is 2.15 bits per heavy atom. The number of H-pyrrole nitrogens is 2. The van der Waals surface area contributed by atoms with Gasteiger partial charge in [0, 0.05) is 27.9 Å². The predicted molar refractivity (Wildman–Crippen MR) is 137 cm³/mol. The Hall–Kier alpha value is -4.58. The number of rotatable bonds is 2. The lowest BCUT2D eigenvalue weighted by molar-refractivity contribution is 1.05. The first-order valence-corrected chi connectivity index (χ1v) is 11.2. The zero-order chi connectivity index (χ0) is 22.8. The van der Waals surface area contributed by atoms with Gasteiger partial charge in [-0.2, -0.15) is 5.10 Å². The van der Waals surface area contributed by atoms with Crippen molar-refractivity contribution in [1.29, 1.82) is 0 Å². The van der Waals surface area contributed by atoms with E-state index in [1.54, 1.807) is 0 Å². The van der Waals surface area contributed by atoms with Gasteiger partial charge in [-0.25, -0.2) is 15.0 Å². The van der Waals surface area contributed by atoms with Crippen LogP contribution in [0.25, 0.3) is 65.7 Å². The molecule has 7 aromatic rings. The Kier molecular flexibility index (Phi) is 3.88. The molecule has 0 radical (unpaired) electrons. The van der Waals surface area contributed by atoms with Crippen molar-refractivity contribution in [1.82, 2.24) is 30.1 Å². The number of aromatic amines is 2. The summed E-state index contributed by atoms with van der Waals surface area (Å²) < 4.78 is 0. The van der Waals surface area contributed by atoms with Gasteiger partial charge in [-0.15, -0.1) is 0 Å². The van der Waals surface area contributed by atoms with Crippen LogP contribution in [0.2, 0.25) is 0 Å². The number of benzene rings is 4. The fourth-order valence-corrected chi connectivity index (χ4v) is 4.91. The fourth-order valence-electron chi connectivity index (χ4n) is 4.91. The first kappa shape index (κ1) is 18.9. The lowest BCUT2D eigenvalue weighted by atomic mass is 9.95. The zero-order valence-electron chi connectivity index (χ0n) is 18.7. The second kappa shape index (κ2) is 6.96. The second-order valence-electron chi connectivity index (χ2n) is 8.75. The van der Waals surface area contributed by atoms with Gasteiger partial charge in [-0.1, -0.05) is 36.4 Å². The number of nitrogens with one attached hydrogen (secondary N) is 2. The third-order valence-electron chi connectivity index (χ3n) is 6.55. The second-order valence-corrected chi connectivity index (χ2v) is 8.75. The summed E-state index contributed by atoms with van der Waals surface area (Å²) in [6.45, 7) is 3.90. The number of hydrogen-bond donors (Lipinski definition) is 2. The van der Waals surface area contributed by atoms with Crippen LogP contribution in [-0.2, 0) is 0 Å². The van der Waals surface area contributed by atoms with Crippen molar-refractivity contribution in [2.45, 2.75) is 13.8 Å². The van der Waals surface area contributed by atoms with Gasteiger partial charge in [-0.3, -0.25) is 5.10 Å². The van der Waals surface area contributed by atoms with E-state index in [0.717, 1.165) is 61.0 Å². The van der Waals surface area contributed by atoms with E-state index < -0.39 is 0 Å². The van der Waals surface area contributed by atoms with Crippen LogP contribution in [0, 0.1) is 13.8 Å². The zero-order valence-corrected chi connectivity index (χ0v) is 18.7. The van der Waals surface area contributed by atoms with Crippen molar-refractivity contribution < 1.29 is 0 Å². The molecule has 0 saturated carbocycles. The SMILES string of the molecule is Cc1nc2c3ccc(-c4ccc5cc(-c6cnc(C)[nH]6)ccc5c4)cc3c3c[nH]ncc3c2n1. The van der Waals surface area contributed by atoms with Crippen LogP contribution >= 0.6 is 0 Å². The molecule has 2 N–H and O–H groups in total. The topological polar surface area (TPSA) is 83.1 Å². The van der Waals surface area contributed by atoms with Crippen molar-refractivity contribution in [3.05, 3.63) is 84.8 Å². The highest BCUT2D eigenvalue weighted by Gasteiger charge is 2.14. The molecule has 6 nitrogen and oxygen atoms in total. The third kappa shape index (κ3) is 2.82. The van der Waals surface area contributed by atoms with E-state index >= 15 is 0 Å². The highest BCUT2D eigenvalue weighted by molar-refractivity contribution is 6.23. The fraction of sp³-hybridized carbons (Fsp3) is 0.0714. The van der Waals surface area contributed by atoms with Gasteiger partial charge in [-0.05, 0) is 59.3 Å². The Morgan fingerprint density at radius 1 is 0.647 bits per heavy atom. The van der Waals surface area contributed by atoms with Crippen LogP contribution in [0.5, 0.6) is 0 Å². The normalized spacial score (nSPS) is 11.8. The minimum absolute atomic E-state index is 0.778. The van der Waals surface area contributed by atoms with E-state index in [0.29, 0.717) is 0 Å². The lowest BCUT2D eigenvalue weighted by Crippen LogP contribution is -1.87. The Morgan fingerprint density at radius 2 is 1.35 bits per heavy atom. The summed E-state index contributed by atoms with van der Waals surface area (Å²) in [5.41, 5.74) is 6.35. The van der Waals surface area contributed by atoms with E-state index in [1.165, 1.54) is 16.3 Å². The smallest absolute Gasteiger partial charge is 0.126 e. The molecule has 7 rings (SSSR count). The molecule has 3 aromatic heterocycles. The van der Waals surface area contributed by atoms with Crippen LogP contribution in [-0.4, -0.2) is 30.1 Å². The molecule has 0 atom stereocenters. The third-order valence-corrected chi connectivity index (χ3v) is 6.55. The maximum Gasteiger partial charge on any atom is 0.126 e. The van der Waals surface area contributed by atoms with Crippen LogP contribution in [0.3, 0.4) is 0 Å². The number of hydrogen-bond acceptors (Lipinski definition) is 4. The summed E-state index contributed by atoms with van der Waals surface area (Å²) in [7, 11) is 0. The standard InChI is InChI=1S/C28H20N6/c1-15-29-14-26(32-15)21-6-5-17-9-18(3-4-19(17)10-21)20-7-8-22-23(11-20)24-12-30-31-13-25(24)28-27(22)33-16(2)34-28/h3-14,30H,1-2H3,(H,29,32). The van der Waals surface area contributed by atoms with Gasteiger partial charge < -0.3 is 4.98 Å². The van der Waals surface area contributed by atoms with E-state index in [9.17, 15) is 0 Å². The molecule has 0 aliphatic heterocycles. The van der Waals surface area contributed by atoms with Crippen LogP contribution in [0.15, 0.2) is 73.2 Å². The highest BCUT2D eigenvalue weighted by atomic mass is 15.1. The largest absolute Gasteiger partial charge is 0.342 e. The average molecular weight is 441 g/mol. The van der Waals surface area contributed by atoms with E-state index in [2.05, 4.69) is 79.7 Å². The maximum absolute atomic E-state index is 4.71. The summed E-state index contributed by atoms with van der Waals surface area (Å²) in [5, 5.41) is 14.0. The summed E-state index contributed by atoms with van der Waals surface area (Å²) >= 11 is 0. The Bertz CT molecular complexity index is 1890. The van der Waals surface area contributed by atoms with Gasteiger partial charge in [0.1, 0.15) is 17.2 Å². The van der Waals surface area contributed by atoms with Gasteiger partial charge in [0.25, 0.3) is 0 Å². The van der Waals surface area contributed by atoms with Crippen LogP contribution in [0.4, 0.5) is 0 Å². The Balaban J connectivity index is 1.40. The molecule has 6 heteroatoms. The van der Waals surface area contributed by atoms with Crippen molar-refractivity contribution >= 4 is 43.4 Å². The van der Waals surface area contributed by atoms with E-state index in [-0.39, 0.29) is 0 Å². The molecule has 0 bridgehead atoms. The molecule has 0 fully saturated rings. The molecule has 34 heavy (non-hydrogen) atoms. The molecule has 0 unspecified atom stereocenters. The van der Waals surface area contributed by atoms with Gasteiger partial charge in [0.05, 0.1) is 23.6 Å². The first-order chi connectivity index (χ1) is 16.6. The average Bonchev–Trinajstić information content (AvgIpc) is 3.49. The maximum atomic E-state index is 4.71. The molecule has 0 saturated heterocycles. The molecular weight excluding hydrogens is 420 g/mol. The van der Waals surface area contributed by atoms with E-state index in [1.807, 2.05) is 32.4 Å². The molecule has 3 heterocycles. The van der Waals surface area contributed by atoms with Crippen molar-refractivity contribution in [2.75, 3.05) is 0 Å². The molecule has 162 valence electrons. The van der Waals surface area contributed by atoms with Crippen LogP contribution < -0.4 is 0 Å². The molecule has 0 spiro atoms. The van der Waals surface area contributed by atoms with Gasteiger partial charge in [0.2, 0.25) is 0 Å². The highest BCUT2D eigenvalue weighted by Crippen LogP contribution is 2.36. The number of aryl methyl sites for hydroxylation is 2. The van der Waals surface area contributed by atoms with Crippen molar-refractivity contribution in [3.63, 3.8) is 0 Å². The molecule has 0 aliphatic carbocycles. The molecule has 0 aliphatic rings. The molecular formula is C28H20N6. The summed E-state index contributed by atoms with van der Waals surface area (Å²) in [6, 6.07) is 19.7. The lowest BCUT2D eigenvalue weighted by Gasteiger charge is -2.10. The summed E-state index contributed by atoms with van der Waals surface area (Å²) in [6.07, 6.45) is 5.67. The monoisotopic (exact) mass is 440 g/mol. The quantitative estimate of drug-likeness (QED) is 0.301. The van der Waals surface area contributed by atoms with Crippen molar-refractivity contribution in [2.24, 2.45) is 0 Å². The first-order valence-electron chi connectivity index (χ1n) is 11.2. The van der Waals surface area contributed by atoms with E-state index in [4.69, 9.17) is 4.98 Å². The number of nitrogens with zero attached hydrogens (tertiary/aromatic N) is 4. The molecule has 0 amide bonds. The van der Waals surface area contributed by atoms with Gasteiger partial charge in [0.15, 0.2) is 0 Å². The summed E-state index contributed by atoms with van der Waals surface area (Å²) in [5.74, 6) is 1.70. The summed E-state index contributed by atoms with van der Waals surface area (Å²) in [4.78, 5) is 17.0. The predicted octanol–water partition coefficient (Wildman–Crippen LogP) is 6.49. The molecule has 4 aromatic carbocycles. The number of imidazole rings is 2. The van der Waals surface area contributed by atoms with Crippen LogP contribution in [0.1, 0.15) is 11.6 Å². The minimum atomic E-state index is 0.778. The number of fused-ring (bicyclic) bond motifs is 7. The van der Waals surface area contributed by atoms with Crippen molar-refractivity contribution in [3.8, 4) is 22.4 Å². The Labute approximate surface area is 194 Å².